The number of hydrogen-bond donors (Lipinski definition) is 3. The van der Waals surface area contributed by atoms with Crippen LogP contribution in [0.5, 0.6) is 0 Å². The third-order valence-corrected chi connectivity index (χ3v) is 4.23. The molecule has 0 aromatic heterocycles. The molecule has 0 amide bonds. The number of ketones is 2. The van der Waals surface area contributed by atoms with Gasteiger partial charge in [-0.2, -0.15) is 0 Å². The Balaban J connectivity index is 0.000000631. The Morgan fingerprint density at radius 2 is 1.03 bits per heavy atom. The molecule has 2 aliphatic heterocycles. The average molecular weight is 455 g/mol. The zero-order chi connectivity index (χ0) is 21.5. The van der Waals surface area contributed by atoms with Crippen molar-refractivity contribution in [3.63, 3.8) is 0 Å². The van der Waals surface area contributed by atoms with E-state index in [4.69, 9.17) is 9.90 Å². The van der Waals surface area contributed by atoms with E-state index in [-0.39, 0.29) is 28.6 Å². The van der Waals surface area contributed by atoms with Crippen molar-refractivity contribution >= 4 is 17.5 Å². The minimum Gasteiger partial charge on any atom is -0.481 e. The fraction of sp³-hybridized carbons (Fsp3) is 0.0417. The first-order valence-electron chi connectivity index (χ1n) is 9.23. The Hall–Kier alpha value is -3.67. The normalized spacial score (nSPS) is 23.1. The number of hydrogen-bond acceptors (Lipinski definition) is 5. The molecular formula is C24H20MnN2O4. The first-order chi connectivity index (χ1) is 14.5. The minimum absolute atomic E-state index is 0. The third kappa shape index (κ3) is 6.15. The molecule has 0 atom stereocenters. The number of carboxylic acid groups (broad SMARTS) is 1. The van der Waals surface area contributed by atoms with Gasteiger partial charge >= 0.3 is 0 Å². The second-order valence-electron chi connectivity index (χ2n) is 6.47. The molecule has 0 aromatic rings. The van der Waals surface area contributed by atoms with Gasteiger partial charge in [-0.05, 0) is 48.6 Å². The molecule has 157 valence electrons. The molecule has 4 rings (SSSR count). The third-order valence-electron chi connectivity index (χ3n) is 4.23. The number of allylic oxidation sites excluding steroid dienone is 16. The van der Waals surface area contributed by atoms with Crippen molar-refractivity contribution in [2.24, 2.45) is 0 Å². The van der Waals surface area contributed by atoms with Crippen LogP contribution in [0.3, 0.4) is 0 Å². The first kappa shape index (κ1) is 23.6. The van der Waals surface area contributed by atoms with Gasteiger partial charge in [0.25, 0.3) is 5.97 Å². The van der Waals surface area contributed by atoms with E-state index in [0.29, 0.717) is 11.1 Å². The molecule has 31 heavy (non-hydrogen) atoms. The summed E-state index contributed by atoms with van der Waals surface area (Å²) in [7, 11) is 0. The number of dihydropyridines is 2. The summed E-state index contributed by atoms with van der Waals surface area (Å²) in [5.41, 5.74) is 4.39. The number of carboxylic acids is 1. The van der Waals surface area contributed by atoms with Crippen LogP contribution < -0.4 is 10.6 Å². The molecule has 0 saturated carbocycles. The quantitative estimate of drug-likeness (QED) is 0.416. The Kier molecular flexibility index (Phi) is 8.32. The average Bonchev–Trinajstić information content (AvgIpc) is 2.74. The van der Waals surface area contributed by atoms with Gasteiger partial charge in [0.15, 0.2) is 11.6 Å². The van der Waals surface area contributed by atoms with E-state index in [9.17, 15) is 9.59 Å². The molecule has 1 radical (unpaired) electrons. The zero-order valence-corrected chi connectivity index (χ0v) is 17.8. The van der Waals surface area contributed by atoms with Crippen molar-refractivity contribution in [1.82, 2.24) is 10.6 Å². The predicted octanol–water partition coefficient (Wildman–Crippen LogP) is 3.06. The minimum atomic E-state index is -0.833. The van der Waals surface area contributed by atoms with Crippen LogP contribution in [0.2, 0.25) is 0 Å². The summed E-state index contributed by atoms with van der Waals surface area (Å²) in [6, 6.07) is 0. The maximum atomic E-state index is 12.1. The van der Waals surface area contributed by atoms with Crippen molar-refractivity contribution in [3.8, 4) is 0 Å². The van der Waals surface area contributed by atoms with Crippen LogP contribution >= 0.6 is 0 Å². The van der Waals surface area contributed by atoms with Crippen LogP contribution in [0.25, 0.3) is 0 Å². The second kappa shape index (κ2) is 10.9. The summed E-state index contributed by atoms with van der Waals surface area (Å²) in [5.74, 6) is -0.891. The summed E-state index contributed by atoms with van der Waals surface area (Å²) >= 11 is 0. The van der Waals surface area contributed by atoms with Crippen molar-refractivity contribution in [1.29, 1.82) is 0 Å². The van der Waals surface area contributed by atoms with Gasteiger partial charge in [0.1, 0.15) is 0 Å². The molecule has 0 saturated heterocycles. The Bertz CT molecular complexity index is 1020. The monoisotopic (exact) mass is 455 g/mol. The Morgan fingerprint density at radius 1 is 0.677 bits per heavy atom. The van der Waals surface area contributed by atoms with Gasteiger partial charge in [-0.15, -0.1) is 0 Å². The van der Waals surface area contributed by atoms with Crippen LogP contribution in [0.15, 0.2) is 119 Å². The van der Waals surface area contributed by atoms with Crippen molar-refractivity contribution in [2.45, 2.75) is 6.92 Å². The summed E-state index contributed by atoms with van der Waals surface area (Å²) in [5, 5.41) is 14.0. The fourth-order valence-electron chi connectivity index (χ4n) is 2.94. The number of aliphatic carboxylic acids is 1. The van der Waals surface area contributed by atoms with E-state index in [1.165, 1.54) is 0 Å². The molecule has 7 heteroatoms. The molecule has 2 heterocycles. The molecule has 3 N–H and O–H groups in total. The standard InChI is InChI=1S/C22H16N2O2.C2H4O2.Mn/c25-21-13-3-1-7-15(21)17-9-5-11-19(23-17)20-12-6-10-18(24-20)16-8-2-4-14-22(16)26;1-2(3)4;/h1-14,23-24H;1H3,(H,3,4);/b17-15-,18-16?;;. The number of rotatable bonds is 1. The van der Waals surface area contributed by atoms with E-state index in [1.54, 1.807) is 36.5 Å². The fourth-order valence-corrected chi connectivity index (χ4v) is 2.94. The van der Waals surface area contributed by atoms with Gasteiger partial charge in [-0.25, -0.2) is 0 Å². The van der Waals surface area contributed by atoms with Gasteiger partial charge in [0.05, 0.1) is 11.4 Å². The molecule has 0 aromatic carbocycles. The van der Waals surface area contributed by atoms with E-state index in [0.717, 1.165) is 29.7 Å². The SMILES string of the molecule is CC(=O)O.O=C1C=CC=CC1=C1C=CC=C(C2=CC=C/C(=C3\C=CC=CC3=O)N2)N1.[Mn]. The molecule has 4 aliphatic rings. The molecule has 0 fully saturated rings. The van der Waals surface area contributed by atoms with Gasteiger partial charge < -0.3 is 15.7 Å². The second-order valence-corrected chi connectivity index (χ2v) is 6.47. The summed E-state index contributed by atoms with van der Waals surface area (Å²) in [6.07, 6.45) is 25.2. The maximum absolute atomic E-state index is 12.1. The van der Waals surface area contributed by atoms with Gasteiger partial charge in [0.2, 0.25) is 0 Å². The molecule has 2 aliphatic carbocycles. The van der Waals surface area contributed by atoms with Crippen LogP contribution in [0.4, 0.5) is 0 Å². The first-order valence-corrected chi connectivity index (χ1v) is 9.23. The van der Waals surface area contributed by atoms with E-state index < -0.39 is 5.97 Å². The van der Waals surface area contributed by atoms with Gasteiger partial charge in [-0.3, -0.25) is 14.4 Å². The molecule has 0 bridgehead atoms. The summed E-state index contributed by atoms with van der Waals surface area (Å²) in [6.45, 7) is 1.08. The largest absolute Gasteiger partial charge is 0.481 e. The molecule has 6 nitrogen and oxygen atoms in total. The van der Waals surface area contributed by atoms with Crippen LogP contribution in [-0.2, 0) is 31.5 Å². The van der Waals surface area contributed by atoms with Crippen molar-refractivity contribution in [2.75, 3.05) is 0 Å². The van der Waals surface area contributed by atoms with Crippen LogP contribution in [0.1, 0.15) is 6.92 Å². The summed E-state index contributed by atoms with van der Waals surface area (Å²) in [4.78, 5) is 33.2. The van der Waals surface area contributed by atoms with Gasteiger partial charge in [-0.1, -0.05) is 36.5 Å². The number of carbonyl (C=O) groups is 3. The number of carbonyl (C=O) groups excluding carboxylic acids is 2. The Labute approximate surface area is 190 Å². The molecular weight excluding hydrogens is 435 g/mol. The topological polar surface area (TPSA) is 95.5 Å². The van der Waals surface area contributed by atoms with Crippen LogP contribution in [0, 0.1) is 0 Å². The van der Waals surface area contributed by atoms with Crippen molar-refractivity contribution in [3.05, 3.63) is 119 Å². The van der Waals surface area contributed by atoms with Crippen LogP contribution in [-0.4, -0.2) is 22.6 Å². The smallest absolute Gasteiger partial charge is 0.300 e. The molecule has 0 spiro atoms. The summed E-state index contributed by atoms with van der Waals surface area (Å²) < 4.78 is 0. The van der Waals surface area contributed by atoms with E-state index >= 15 is 0 Å². The van der Waals surface area contributed by atoms with Crippen molar-refractivity contribution < 1.29 is 36.6 Å². The number of nitrogens with one attached hydrogen (secondary N) is 2. The maximum Gasteiger partial charge on any atom is 0.300 e. The van der Waals surface area contributed by atoms with E-state index in [1.807, 2.05) is 48.6 Å². The predicted molar refractivity (Wildman–Crippen MR) is 115 cm³/mol. The molecule has 0 unspecified atom stereocenters. The Morgan fingerprint density at radius 3 is 1.39 bits per heavy atom. The van der Waals surface area contributed by atoms with Gasteiger partial charge in [0, 0.05) is 46.5 Å². The van der Waals surface area contributed by atoms with E-state index in [2.05, 4.69) is 10.6 Å². The zero-order valence-electron chi connectivity index (χ0n) is 16.6.